The summed E-state index contributed by atoms with van der Waals surface area (Å²) in [4.78, 5) is 119. The third-order valence-corrected chi connectivity index (χ3v) is 22.9. The van der Waals surface area contributed by atoms with Gasteiger partial charge in [-0.2, -0.15) is 8.75 Å². The highest BCUT2D eigenvalue weighted by molar-refractivity contribution is 7.25. The number of anilines is 2. The second kappa shape index (κ2) is 37.8. The fourth-order valence-corrected chi connectivity index (χ4v) is 16.9. The summed E-state index contributed by atoms with van der Waals surface area (Å²) in [6.07, 6.45) is 2.45. The molecule has 16 aromatic rings. The molecule has 9 N–H and O–H groups in total. The Morgan fingerprint density at radius 3 is 1.47 bits per heavy atom. The van der Waals surface area contributed by atoms with E-state index < -0.39 is 47.8 Å². The lowest BCUT2D eigenvalue weighted by Gasteiger charge is -2.23. The number of hydrogen-bond acceptors (Lipinski definition) is 21. The molecule has 648 valence electrons. The quantitative estimate of drug-likeness (QED) is 0.0682. The van der Waals surface area contributed by atoms with Gasteiger partial charge in [0, 0.05) is 48.3 Å². The van der Waals surface area contributed by atoms with Crippen LogP contribution in [0.5, 0.6) is 11.5 Å². The Bertz CT molecular complexity index is 7170. The zero-order valence-electron chi connectivity index (χ0n) is 72.3. The summed E-state index contributed by atoms with van der Waals surface area (Å²) in [6.45, 7) is 29.2. The fourth-order valence-electron chi connectivity index (χ4n) is 14.9. The predicted molar refractivity (Wildman–Crippen MR) is 490 cm³/mol. The molecule has 11 aromatic carbocycles. The molecule has 0 radical (unpaired) electrons. The number of ether oxygens (including phenoxy) is 1. The number of ketones is 1. The molecule has 1 aliphatic heterocycles. The van der Waals surface area contributed by atoms with Crippen LogP contribution in [0.15, 0.2) is 168 Å². The monoisotopic (exact) mass is 1750 g/mol. The first kappa shape index (κ1) is 91.6. The molecule has 0 unspecified atom stereocenters. The molecule has 0 saturated carbocycles. The van der Waals surface area contributed by atoms with Crippen LogP contribution in [0.4, 0.5) is 11.4 Å². The largest absolute Gasteiger partial charge is 0.478 e. The van der Waals surface area contributed by atoms with Crippen LogP contribution < -0.4 is 10.1 Å². The SMILES string of the molecule is Cc1cc(C(=O)O)c(C)c2nsnc12.Cc1ccc2c(c1)C(=O)c1cc(C)c(C(=O)O)cc1-2.Cc1ccc2c(c1)Cc1cc(C)c(C(=O)O)cc1-2.Cc1ccc2c(c1)Nc1cc(C)c(C(=O)O)cc1O2.Cc1ccc2c(c1)oc1cc(C)c(C(=O)O)cc12.Cc1ccc2c(c1)sc1cc(C)c(C(=O)O)cc12.Cc1cnc(C)c(C(=O)O)n1.Cc1nc(C)nc(C(=O)O)n1. The molecular formula is C99H86N8O19S2. The van der Waals surface area contributed by atoms with E-state index in [-0.39, 0.29) is 28.4 Å². The molecule has 128 heavy (non-hydrogen) atoms. The summed E-state index contributed by atoms with van der Waals surface area (Å²) in [7, 11) is 0. The number of carbonyl (C=O) groups is 9. The maximum absolute atomic E-state index is 12.3. The molecular weight excluding hydrogens is 1670 g/mol. The van der Waals surface area contributed by atoms with Crippen LogP contribution in [0.1, 0.15) is 200 Å². The highest BCUT2D eigenvalue weighted by Gasteiger charge is 2.30. The van der Waals surface area contributed by atoms with Crippen molar-refractivity contribution in [2.24, 2.45) is 0 Å². The van der Waals surface area contributed by atoms with Gasteiger partial charge in [-0.3, -0.25) is 9.78 Å². The first-order valence-corrected chi connectivity index (χ1v) is 41.3. The second-order valence-corrected chi connectivity index (χ2v) is 32.8. The maximum Gasteiger partial charge on any atom is 0.374 e. The van der Waals surface area contributed by atoms with Gasteiger partial charge in [-0.05, 0) is 297 Å². The van der Waals surface area contributed by atoms with E-state index in [0.29, 0.717) is 95.7 Å². The van der Waals surface area contributed by atoms with Crippen molar-refractivity contribution in [2.75, 3.05) is 5.32 Å². The highest BCUT2D eigenvalue weighted by Crippen LogP contribution is 2.45. The van der Waals surface area contributed by atoms with Crippen LogP contribution in [0.3, 0.4) is 0 Å². The summed E-state index contributed by atoms with van der Waals surface area (Å²) in [5.74, 6) is -5.72. The fraction of sp³-hybridized carbons (Fsp3) is 0.172. The minimum absolute atomic E-state index is 0.0197. The van der Waals surface area contributed by atoms with Crippen molar-refractivity contribution in [1.29, 1.82) is 0 Å². The molecule has 0 spiro atoms. The topological polar surface area (TPSA) is 440 Å². The molecule has 2 aliphatic carbocycles. The number of carbonyl (C=O) groups excluding carboxylic acids is 1. The highest BCUT2D eigenvalue weighted by atomic mass is 32.1. The van der Waals surface area contributed by atoms with E-state index in [9.17, 15) is 53.4 Å². The molecule has 5 aromatic heterocycles. The van der Waals surface area contributed by atoms with E-state index in [1.807, 2.05) is 114 Å². The number of hydrogen-bond donors (Lipinski definition) is 9. The molecule has 0 bridgehead atoms. The number of benzene rings is 11. The van der Waals surface area contributed by atoms with Gasteiger partial charge in [0.15, 0.2) is 23.0 Å². The lowest BCUT2D eigenvalue weighted by molar-refractivity contribution is 0.0673. The summed E-state index contributed by atoms with van der Waals surface area (Å²) in [5, 5.41) is 79.1. The lowest BCUT2D eigenvalue weighted by Crippen LogP contribution is -2.08. The number of rotatable bonds is 8. The van der Waals surface area contributed by atoms with Crippen molar-refractivity contribution in [3.63, 3.8) is 0 Å². The number of fused-ring (bicyclic) bond motifs is 15. The van der Waals surface area contributed by atoms with E-state index in [1.54, 1.807) is 121 Å². The van der Waals surface area contributed by atoms with Gasteiger partial charge < -0.3 is 55.3 Å². The summed E-state index contributed by atoms with van der Waals surface area (Å²) < 4.78 is 22.1. The zero-order valence-corrected chi connectivity index (χ0v) is 73.9. The van der Waals surface area contributed by atoms with Crippen LogP contribution in [0.2, 0.25) is 0 Å². The first-order valence-electron chi connectivity index (χ1n) is 39.7. The van der Waals surface area contributed by atoms with Crippen LogP contribution in [-0.4, -0.2) is 128 Å². The van der Waals surface area contributed by atoms with E-state index in [1.165, 1.54) is 32.5 Å². The summed E-state index contributed by atoms with van der Waals surface area (Å²) in [5.41, 5.74) is 26.4. The van der Waals surface area contributed by atoms with Gasteiger partial charge in [-0.1, -0.05) is 77.9 Å². The Labute approximate surface area is 740 Å². The first-order chi connectivity index (χ1) is 60.5. The minimum Gasteiger partial charge on any atom is -0.478 e. The number of aromatic nitrogens is 7. The van der Waals surface area contributed by atoms with Crippen molar-refractivity contribution in [3.05, 3.63) is 321 Å². The van der Waals surface area contributed by atoms with Crippen molar-refractivity contribution in [2.45, 2.75) is 117 Å². The lowest BCUT2D eigenvalue weighted by atomic mass is 9.98. The van der Waals surface area contributed by atoms with Crippen LogP contribution in [0.25, 0.3) is 75.4 Å². The van der Waals surface area contributed by atoms with Crippen LogP contribution in [-0.2, 0) is 6.42 Å². The number of nitrogens with one attached hydrogen (secondary N) is 1. The van der Waals surface area contributed by atoms with Gasteiger partial charge in [0.25, 0.3) is 0 Å². The number of aromatic carboxylic acids is 8. The van der Waals surface area contributed by atoms with Crippen molar-refractivity contribution < 1.29 is 93.2 Å². The molecule has 0 fully saturated rings. The summed E-state index contributed by atoms with van der Waals surface area (Å²) in [6, 6.07) is 49.4. The molecule has 3 aliphatic rings. The molecule has 0 amide bonds. The van der Waals surface area contributed by atoms with E-state index in [2.05, 4.69) is 89.2 Å². The van der Waals surface area contributed by atoms with Gasteiger partial charge >= 0.3 is 47.8 Å². The number of aryl methyl sites for hydroxylation is 16. The van der Waals surface area contributed by atoms with Crippen molar-refractivity contribution >= 4 is 141 Å². The standard InChI is InChI=1S/C16H12O3.C16H14O2.C15H13NO3.C15H12O3.C15H12O2S.C9H8N2O2S.C7H8N2O2.C6H7N3O2/c1-8-3-4-10-12-7-11(16(18)19)9(2)6-14(12)15(17)13(10)5-8;1-9-3-4-13-11(5-9)7-12-6-10(2)14(16(17)18)8-15(12)13;1-8-3-4-13-11(5-8)16-12-6-9(2)10(15(17)18)7-14(12)19-13;2*1-8-3-4-10-12-7-11(15(16)17)9(2)6-14(12)18-13(10)5-8;1-4-3-6(9(12)13)5(2)8-7(4)10-14-11-8;1-4-3-8-5(2)6(9-4)7(10)11;1-3-7-4(2)9-5(8-3)6(10)11/h3-7H,1-2H3,(H,18,19);3-6,8H,7H2,1-2H3,(H,17,18);3-7,16H,1-2H3,(H,17,18);2*3-7H,1-2H3,(H,16,17);3H,1-2H3,(H,12,13);3H,1-2H3,(H,10,11);1-2H3,(H,10,11). The number of nitrogens with zero attached hydrogens (tertiary/aromatic N) is 7. The van der Waals surface area contributed by atoms with Crippen molar-refractivity contribution in [3.8, 4) is 33.8 Å². The van der Waals surface area contributed by atoms with Gasteiger partial charge in [0.1, 0.15) is 33.8 Å². The number of carboxylic acid groups (broad SMARTS) is 8. The number of furan rings is 1. The molecule has 19 rings (SSSR count). The van der Waals surface area contributed by atoms with E-state index in [4.69, 9.17) is 39.8 Å². The maximum atomic E-state index is 12.3. The van der Waals surface area contributed by atoms with Gasteiger partial charge in [0.05, 0.1) is 67.9 Å². The number of carboxylic acids is 8. The van der Waals surface area contributed by atoms with Crippen LogP contribution in [0, 0.1) is 111 Å². The van der Waals surface area contributed by atoms with Gasteiger partial charge in [-0.25, -0.2) is 58.3 Å². The zero-order chi connectivity index (χ0) is 93.0. The average molecular weight is 1760 g/mol. The van der Waals surface area contributed by atoms with Crippen LogP contribution >= 0.6 is 23.1 Å². The second-order valence-electron chi connectivity index (χ2n) is 31.1. The average Bonchev–Trinajstić information content (AvgIpc) is 1.66. The van der Waals surface area contributed by atoms with Gasteiger partial charge in [-0.15, -0.1) is 11.3 Å². The molecule has 0 atom stereocenters. The Kier molecular flexibility index (Phi) is 27.1. The smallest absolute Gasteiger partial charge is 0.374 e. The molecule has 27 nitrogen and oxygen atoms in total. The number of thiophene rings is 1. The third kappa shape index (κ3) is 20.1. The molecule has 29 heteroatoms. The Hall–Kier alpha value is -15.6. The Morgan fingerprint density at radius 2 is 0.844 bits per heavy atom. The molecule has 6 heterocycles. The minimum atomic E-state index is -1.13. The normalized spacial score (nSPS) is 11.3. The Balaban J connectivity index is 0.000000134. The van der Waals surface area contributed by atoms with E-state index >= 15 is 0 Å². The predicted octanol–water partition coefficient (Wildman–Crippen LogP) is 21.9. The Morgan fingerprint density at radius 1 is 0.359 bits per heavy atom. The molecule has 0 saturated heterocycles. The summed E-state index contributed by atoms with van der Waals surface area (Å²) >= 11 is 2.83. The van der Waals surface area contributed by atoms with Gasteiger partial charge in [0.2, 0.25) is 5.82 Å². The van der Waals surface area contributed by atoms with E-state index in [0.717, 1.165) is 123 Å². The third-order valence-electron chi connectivity index (χ3n) is 21.3. The van der Waals surface area contributed by atoms with Crippen molar-refractivity contribution in [1.82, 2.24) is 33.7 Å².